The average molecular weight is 497 g/mol. The number of hydrogen-bond donors (Lipinski definition) is 1. The Morgan fingerprint density at radius 2 is 1.76 bits per heavy atom. The van der Waals surface area contributed by atoms with Crippen LogP contribution >= 0.6 is 0 Å². The number of aliphatic hydroxyl groups is 1. The number of nitrogens with zero attached hydrogens (tertiary/aromatic N) is 4. The third kappa shape index (κ3) is 4.12. The van der Waals surface area contributed by atoms with Gasteiger partial charge in [-0.05, 0) is 64.2 Å². The second-order valence-corrected chi connectivity index (χ2v) is 10.6. The van der Waals surface area contributed by atoms with Crippen molar-refractivity contribution in [1.29, 1.82) is 0 Å². The summed E-state index contributed by atoms with van der Waals surface area (Å²) in [6.45, 7) is 8.97. The van der Waals surface area contributed by atoms with Crippen LogP contribution < -0.4 is 0 Å². The number of fused-ring (bicyclic) bond motifs is 3. The molecule has 0 saturated carbocycles. The summed E-state index contributed by atoms with van der Waals surface area (Å²) in [5.74, 6) is 1.13. The van der Waals surface area contributed by atoms with Gasteiger partial charge in [-0.2, -0.15) is 0 Å². The van der Waals surface area contributed by atoms with Gasteiger partial charge in [-0.3, -0.25) is 9.97 Å². The van der Waals surface area contributed by atoms with Crippen LogP contribution in [-0.4, -0.2) is 38.0 Å². The largest absolute Gasteiger partial charge is 0.386 e. The molecule has 1 aliphatic rings. The zero-order valence-corrected chi connectivity index (χ0v) is 21.7. The van der Waals surface area contributed by atoms with Crippen molar-refractivity contribution in [2.24, 2.45) is 5.92 Å². The molecule has 7 nitrogen and oxygen atoms in total. The van der Waals surface area contributed by atoms with Crippen molar-refractivity contribution in [2.45, 2.75) is 52.2 Å². The molecule has 0 bridgehead atoms. The van der Waals surface area contributed by atoms with Gasteiger partial charge in [0.2, 0.25) is 0 Å². The molecule has 1 aromatic carbocycles. The average Bonchev–Trinajstić information content (AvgIpc) is 3.40. The van der Waals surface area contributed by atoms with Crippen molar-refractivity contribution in [2.75, 3.05) is 13.2 Å². The lowest BCUT2D eigenvalue weighted by atomic mass is 9.86. The van der Waals surface area contributed by atoms with E-state index >= 15 is 0 Å². The van der Waals surface area contributed by atoms with Crippen LogP contribution in [0, 0.1) is 19.8 Å². The van der Waals surface area contributed by atoms with Gasteiger partial charge >= 0.3 is 0 Å². The van der Waals surface area contributed by atoms with Crippen LogP contribution in [0.15, 0.2) is 59.4 Å². The molecule has 5 heterocycles. The van der Waals surface area contributed by atoms with Gasteiger partial charge in [-0.1, -0.05) is 35.5 Å². The Labute approximate surface area is 216 Å². The smallest absolute Gasteiger partial charge is 0.143 e. The van der Waals surface area contributed by atoms with Crippen molar-refractivity contribution < 1.29 is 14.4 Å². The molecule has 0 aliphatic carbocycles. The summed E-state index contributed by atoms with van der Waals surface area (Å²) in [4.78, 5) is 9.70. The number of rotatable bonds is 5. The van der Waals surface area contributed by atoms with Gasteiger partial charge in [0.1, 0.15) is 5.76 Å². The van der Waals surface area contributed by atoms with Crippen LogP contribution in [0.1, 0.15) is 55.3 Å². The molecular formula is C30H32N4O3. The zero-order chi connectivity index (χ0) is 25.7. The number of pyridine rings is 2. The number of ether oxygens (including phenoxy) is 1. The maximum atomic E-state index is 10.9. The van der Waals surface area contributed by atoms with E-state index in [0.29, 0.717) is 5.92 Å². The van der Waals surface area contributed by atoms with Crippen molar-refractivity contribution in [1.82, 2.24) is 19.7 Å². The van der Waals surface area contributed by atoms with Gasteiger partial charge in [0, 0.05) is 36.6 Å². The molecule has 0 unspecified atom stereocenters. The fourth-order valence-corrected chi connectivity index (χ4v) is 5.73. The summed E-state index contributed by atoms with van der Waals surface area (Å²) in [7, 11) is 0. The maximum Gasteiger partial charge on any atom is 0.143 e. The fourth-order valence-electron chi connectivity index (χ4n) is 5.73. The molecule has 0 radical (unpaired) electrons. The first-order chi connectivity index (χ1) is 17.8. The van der Waals surface area contributed by atoms with Crippen LogP contribution in [0.25, 0.3) is 33.2 Å². The Bertz CT molecular complexity index is 1550. The highest BCUT2D eigenvalue weighted by atomic mass is 16.5. The standard InChI is InChI=1S/C30H32N4O3/c1-18-27(19(2)37-33-18)24-15-25-23(17-31-24)28-26(14-22(16-32-28)30(3,4)35)34(25)29(20-8-6-5-7-9-20)21-10-12-36-13-11-21/h5-9,14-17,21,29,35H,10-13H2,1-4H3/t29-/m1/s1. The Morgan fingerprint density at radius 1 is 1.00 bits per heavy atom. The van der Waals surface area contributed by atoms with Crippen molar-refractivity contribution >= 4 is 21.9 Å². The molecule has 1 saturated heterocycles. The highest BCUT2D eigenvalue weighted by molar-refractivity contribution is 6.06. The monoisotopic (exact) mass is 496 g/mol. The second kappa shape index (κ2) is 9.08. The second-order valence-electron chi connectivity index (χ2n) is 10.6. The number of aromatic nitrogens is 4. The van der Waals surface area contributed by atoms with Gasteiger partial charge in [0.25, 0.3) is 0 Å². The Hall–Kier alpha value is -3.55. The molecule has 37 heavy (non-hydrogen) atoms. The summed E-state index contributed by atoms with van der Waals surface area (Å²) in [6, 6.07) is 15.0. The first-order valence-corrected chi connectivity index (χ1v) is 12.9. The molecular weight excluding hydrogens is 464 g/mol. The highest BCUT2D eigenvalue weighted by Crippen LogP contribution is 2.42. The molecule has 1 aliphatic heterocycles. The lowest BCUT2D eigenvalue weighted by Crippen LogP contribution is -2.27. The fraction of sp³-hybridized carbons (Fsp3) is 0.367. The molecule has 0 amide bonds. The minimum absolute atomic E-state index is 0.0730. The Kier molecular flexibility index (Phi) is 5.85. The van der Waals surface area contributed by atoms with Crippen LogP contribution in [0.4, 0.5) is 0 Å². The van der Waals surface area contributed by atoms with Gasteiger partial charge in [0.15, 0.2) is 0 Å². The van der Waals surface area contributed by atoms with E-state index < -0.39 is 5.60 Å². The molecule has 1 N–H and O–H groups in total. The predicted molar refractivity (Wildman–Crippen MR) is 143 cm³/mol. The first kappa shape index (κ1) is 23.8. The van der Waals surface area contributed by atoms with E-state index in [2.05, 4.69) is 52.2 Å². The highest BCUT2D eigenvalue weighted by Gasteiger charge is 2.31. The Morgan fingerprint density at radius 3 is 2.43 bits per heavy atom. The molecule has 6 rings (SSSR count). The lowest BCUT2D eigenvalue weighted by Gasteiger charge is -2.33. The zero-order valence-electron chi connectivity index (χ0n) is 21.7. The van der Waals surface area contributed by atoms with Gasteiger partial charge in [-0.15, -0.1) is 0 Å². The Balaban J connectivity index is 1.69. The summed E-state index contributed by atoms with van der Waals surface area (Å²) < 4.78 is 13.6. The molecule has 5 aromatic rings. The minimum atomic E-state index is -1.01. The third-order valence-corrected chi connectivity index (χ3v) is 7.65. The molecule has 190 valence electrons. The normalized spacial score (nSPS) is 16.0. The topological polar surface area (TPSA) is 86.2 Å². The predicted octanol–water partition coefficient (Wildman–Crippen LogP) is 6.10. The molecule has 7 heteroatoms. The van der Waals surface area contributed by atoms with Crippen LogP contribution in [-0.2, 0) is 10.3 Å². The van der Waals surface area contributed by atoms with Gasteiger partial charge in [-0.25, -0.2) is 0 Å². The molecule has 4 aromatic heterocycles. The summed E-state index contributed by atoms with van der Waals surface area (Å²) in [5, 5.41) is 16.0. The van der Waals surface area contributed by atoms with E-state index in [-0.39, 0.29) is 6.04 Å². The lowest BCUT2D eigenvalue weighted by molar-refractivity contribution is 0.0552. The van der Waals surface area contributed by atoms with Crippen LogP contribution in [0.2, 0.25) is 0 Å². The van der Waals surface area contributed by atoms with Gasteiger partial charge < -0.3 is 18.9 Å². The number of aryl methyl sites for hydroxylation is 2. The number of benzene rings is 1. The summed E-state index contributed by atoms with van der Waals surface area (Å²) >= 11 is 0. The van der Waals surface area contributed by atoms with E-state index in [0.717, 1.165) is 76.3 Å². The van der Waals surface area contributed by atoms with Crippen molar-refractivity contribution in [3.63, 3.8) is 0 Å². The SMILES string of the molecule is Cc1noc(C)c1-c1cc2c(cn1)c1ncc(C(C)(C)O)cc1n2[C@H](c1ccccc1)C1CCOCC1. The number of hydrogen-bond acceptors (Lipinski definition) is 6. The minimum Gasteiger partial charge on any atom is -0.386 e. The van der Waals surface area contributed by atoms with Crippen LogP contribution in [0.5, 0.6) is 0 Å². The van der Waals surface area contributed by atoms with Crippen molar-refractivity contribution in [3.8, 4) is 11.3 Å². The first-order valence-electron chi connectivity index (χ1n) is 12.9. The third-order valence-electron chi connectivity index (χ3n) is 7.65. The van der Waals surface area contributed by atoms with E-state index in [4.69, 9.17) is 19.2 Å². The van der Waals surface area contributed by atoms with E-state index in [1.165, 1.54) is 5.56 Å². The summed E-state index contributed by atoms with van der Waals surface area (Å²) in [6.07, 6.45) is 5.64. The summed E-state index contributed by atoms with van der Waals surface area (Å²) in [5.41, 5.74) is 6.52. The van der Waals surface area contributed by atoms with Crippen molar-refractivity contribution in [3.05, 3.63) is 77.4 Å². The molecule has 1 atom stereocenters. The van der Waals surface area contributed by atoms with Gasteiger partial charge in [0.05, 0.1) is 45.1 Å². The van der Waals surface area contributed by atoms with Crippen LogP contribution in [0.3, 0.4) is 0 Å². The van der Waals surface area contributed by atoms with E-state index in [1.54, 1.807) is 20.0 Å². The van der Waals surface area contributed by atoms with E-state index in [1.807, 2.05) is 20.0 Å². The van der Waals surface area contributed by atoms with E-state index in [9.17, 15) is 5.11 Å². The molecule has 1 fully saturated rings. The molecule has 0 spiro atoms. The maximum absolute atomic E-state index is 10.9. The quantitative estimate of drug-likeness (QED) is 0.316.